The van der Waals surface area contributed by atoms with Gasteiger partial charge in [0.2, 0.25) is 0 Å². The molecule has 88 valence electrons. The van der Waals surface area contributed by atoms with Crippen LogP contribution in [0.15, 0.2) is 12.2 Å². The summed E-state index contributed by atoms with van der Waals surface area (Å²) >= 11 is 0. The van der Waals surface area contributed by atoms with E-state index in [0.29, 0.717) is 12.2 Å². The van der Waals surface area contributed by atoms with E-state index in [9.17, 15) is 4.79 Å². The molecule has 1 saturated carbocycles. The van der Waals surface area contributed by atoms with Gasteiger partial charge in [0.25, 0.3) is 0 Å². The number of nitriles is 1. The molecule has 0 radical (unpaired) electrons. The van der Waals surface area contributed by atoms with Gasteiger partial charge in [0.15, 0.2) is 0 Å². The van der Waals surface area contributed by atoms with Crippen LogP contribution >= 0.6 is 0 Å². The van der Waals surface area contributed by atoms with Crippen molar-refractivity contribution in [1.82, 2.24) is 0 Å². The van der Waals surface area contributed by atoms with Crippen molar-refractivity contribution in [2.75, 3.05) is 0 Å². The Hall–Kier alpha value is -1.10. The molecule has 0 spiro atoms. The number of allylic oxidation sites excluding steroid dienone is 1. The van der Waals surface area contributed by atoms with Crippen molar-refractivity contribution in [3.05, 3.63) is 12.2 Å². The van der Waals surface area contributed by atoms with Gasteiger partial charge in [0.05, 0.1) is 12.0 Å². The fraction of sp³-hybridized carbons (Fsp3) is 0.714. The van der Waals surface area contributed by atoms with E-state index in [4.69, 9.17) is 5.26 Å². The second kappa shape index (κ2) is 5.30. The molecule has 1 aliphatic carbocycles. The van der Waals surface area contributed by atoms with E-state index in [-0.39, 0.29) is 11.3 Å². The monoisotopic (exact) mass is 219 g/mol. The molecule has 0 aromatic carbocycles. The van der Waals surface area contributed by atoms with Crippen LogP contribution in [-0.2, 0) is 4.79 Å². The van der Waals surface area contributed by atoms with Gasteiger partial charge in [-0.1, -0.05) is 12.5 Å². The molecular weight excluding hydrogens is 198 g/mol. The van der Waals surface area contributed by atoms with Crippen LogP contribution in [0.3, 0.4) is 0 Å². The zero-order chi connectivity index (χ0) is 12.2. The lowest BCUT2D eigenvalue weighted by molar-refractivity contribution is -0.123. The molecule has 16 heavy (non-hydrogen) atoms. The summed E-state index contributed by atoms with van der Waals surface area (Å²) in [4.78, 5) is 11.5. The zero-order valence-corrected chi connectivity index (χ0v) is 10.4. The van der Waals surface area contributed by atoms with E-state index in [2.05, 4.69) is 19.6 Å². The van der Waals surface area contributed by atoms with Crippen molar-refractivity contribution in [2.45, 2.75) is 52.4 Å². The van der Waals surface area contributed by atoms with Gasteiger partial charge >= 0.3 is 0 Å². The van der Waals surface area contributed by atoms with Crippen LogP contribution in [0.1, 0.15) is 52.4 Å². The number of hydrogen-bond donors (Lipinski definition) is 0. The Morgan fingerprint density at radius 1 is 1.69 bits per heavy atom. The molecule has 0 aromatic rings. The molecule has 1 fully saturated rings. The maximum Gasteiger partial charge on any atom is 0.133 e. The number of Topliss-reactive ketones (excluding diaryl/α,β-unsaturated/α-hetero) is 1. The van der Waals surface area contributed by atoms with E-state index in [1.807, 2.05) is 6.92 Å². The third kappa shape index (κ3) is 3.81. The molecule has 0 N–H and O–H groups in total. The topological polar surface area (TPSA) is 40.9 Å². The Kier molecular flexibility index (Phi) is 4.29. The van der Waals surface area contributed by atoms with Gasteiger partial charge in [-0.05, 0) is 38.0 Å². The normalized spacial score (nSPS) is 27.2. The highest BCUT2D eigenvalue weighted by atomic mass is 16.1. The van der Waals surface area contributed by atoms with Gasteiger partial charge in [0, 0.05) is 12.8 Å². The lowest BCUT2D eigenvalue weighted by atomic mass is 9.69. The average molecular weight is 219 g/mol. The van der Waals surface area contributed by atoms with Gasteiger partial charge < -0.3 is 0 Å². The van der Waals surface area contributed by atoms with Crippen LogP contribution in [0.4, 0.5) is 0 Å². The highest BCUT2D eigenvalue weighted by molar-refractivity contribution is 5.79. The SMILES string of the molecule is C=C(C)CC(C#N)CC1(C)CCCC(=O)C1. The first-order valence-corrected chi connectivity index (χ1v) is 6.01. The van der Waals surface area contributed by atoms with Crippen molar-refractivity contribution in [1.29, 1.82) is 5.26 Å². The molecule has 2 atom stereocenters. The molecule has 0 aliphatic heterocycles. The number of carbonyl (C=O) groups excluding carboxylic acids is 1. The molecule has 1 aliphatic rings. The third-order valence-electron chi connectivity index (χ3n) is 3.38. The summed E-state index contributed by atoms with van der Waals surface area (Å²) in [5.41, 5.74) is 1.10. The van der Waals surface area contributed by atoms with Crippen molar-refractivity contribution >= 4 is 5.78 Å². The van der Waals surface area contributed by atoms with Crippen LogP contribution in [-0.4, -0.2) is 5.78 Å². The minimum absolute atomic E-state index is 0.0217. The summed E-state index contributed by atoms with van der Waals surface area (Å²) in [7, 11) is 0. The third-order valence-corrected chi connectivity index (χ3v) is 3.38. The second-order valence-electron chi connectivity index (χ2n) is 5.57. The van der Waals surface area contributed by atoms with E-state index in [1.54, 1.807) is 0 Å². The van der Waals surface area contributed by atoms with Gasteiger partial charge in [0.1, 0.15) is 5.78 Å². The molecule has 0 saturated heterocycles. The standard InChI is InChI=1S/C14H21NO/c1-11(2)7-12(10-15)8-14(3)6-4-5-13(16)9-14/h12H,1,4-9H2,2-3H3. The van der Waals surface area contributed by atoms with E-state index < -0.39 is 0 Å². The molecular formula is C14H21NO. The first-order valence-electron chi connectivity index (χ1n) is 6.01. The van der Waals surface area contributed by atoms with E-state index in [0.717, 1.165) is 37.7 Å². The van der Waals surface area contributed by atoms with Gasteiger partial charge in [-0.15, -0.1) is 6.58 Å². The molecule has 0 amide bonds. The summed E-state index contributed by atoms with van der Waals surface area (Å²) in [6.45, 7) is 7.96. The summed E-state index contributed by atoms with van der Waals surface area (Å²) in [5.74, 6) is 0.383. The van der Waals surface area contributed by atoms with Crippen LogP contribution in [0.2, 0.25) is 0 Å². The quantitative estimate of drug-likeness (QED) is 0.677. The predicted octanol–water partition coefficient (Wildman–Crippen LogP) is 3.63. The summed E-state index contributed by atoms with van der Waals surface area (Å²) in [6, 6.07) is 2.35. The fourth-order valence-corrected chi connectivity index (χ4v) is 2.72. The van der Waals surface area contributed by atoms with Crippen molar-refractivity contribution in [3.8, 4) is 6.07 Å². The minimum Gasteiger partial charge on any atom is -0.300 e. The van der Waals surface area contributed by atoms with Crippen molar-refractivity contribution < 1.29 is 4.79 Å². The van der Waals surface area contributed by atoms with Gasteiger partial charge in [-0.2, -0.15) is 5.26 Å². The lowest BCUT2D eigenvalue weighted by Gasteiger charge is -2.34. The first-order chi connectivity index (χ1) is 7.45. The van der Waals surface area contributed by atoms with Crippen molar-refractivity contribution in [3.63, 3.8) is 0 Å². The maximum atomic E-state index is 11.5. The Morgan fingerprint density at radius 3 is 2.88 bits per heavy atom. The zero-order valence-electron chi connectivity index (χ0n) is 10.4. The van der Waals surface area contributed by atoms with Gasteiger partial charge in [-0.25, -0.2) is 0 Å². The molecule has 0 aromatic heterocycles. The number of hydrogen-bond acceptors (Lipinski definition) is 2. The molecule has 0 heterocycles. The molecule has 2 unspecified atom stereocenters. The van der Waals surface area contributed by atoms with Gasteiger partial charge in [-0.3, -0.25) is 4.79 Å². The van der Waals surface area contributed by atoms with Crippen LogP contribution in [0.25, 0.3) is 0 Å². The Labute approximate surface area is 98.3 Å². The van der Waals surface area contributed by atoms with E-state index in [1.165, 1.54) is 0 Å². The fourth-order valence-electron chi connectivity index (χ4n) is 2.72. The smallest absolute Gasteiger partial charge is 0.133 e. The average Bonchev–Trinajstić information content (AvgIpc) is 2.15. The lowest BCUT2D eigenvalue weighted by Crippen LogP contribution is -2.28. The highest BCUT2D eigenvalue weighted by Gasteiger charge is 2.33. The molecule has 2 nitrogen and oxygen atoms in total. The largest absolute Gasteiger partial charge is 0.300 e. The minimum atomic E-state index is 0.0217. The number of nitrogens with zero attached hydrogens (tertiary/aromatic N) is 1. The van der Waals surface area contributed by atoms with Crippen molar-refractivity contribution in [2.24, 2.45) is 11.3 Å². The molecule has 2 heteroatoms. The van der Waals surface area contributed by atoms with Crippen LogP contribution in [0.5, 0.6) is 0 Å². The van der Waals surface area contributed by atoms with Crippen LogP contribution in [0, 0.1) is 22.7 Å². The summed E-state index contributed by atoms with van der Waals surface area (Å²) < 4.78 is 0. The Bertz CT molecular complexity index is 326. The maximum absolute atomic E-state index is 11.5. The van der Waals surface area contributed by atoms with Crippen LogP contribution < -0.4 is 0 Å². The summed E-state index contributed by atoms with van der Waals surface area (Å²) in [6.07, 6.45) is 5.05. The molecule has 0 bridgehead atoms. The number of rotatable bonds is 4. The predicted molar refractivity (Wildman–Crippen MR) is 64.7 cm³/mol. The number of carbonyl (C=O) groups is 1. The Balaban J connectivity index is 2.59. The summed E-state index contributed by atoms with van der Waals surface area (Å²) in [5, 5.41) is 9.11. The molecule has 1 rings (SSSR count). The first kappa shape index (κ1) is 13.0. The Morgan fingerprint density at radius 2 is 2.38 bits per heavy atom. The highest BCUT2D eigenvalue weighted by Crippen LogP contribution is 2.40. The number of ketones is 1. The second-order valence-corrected chi connectivity index (χ2v) is 5.57. The van der Waals surface area contributed by atoms with E-state index >= 15 is 0 Å².